The van der Waals surface area contributed by atoms with E-state index in [1.165, 1.54) is 38.5 Å². The third-order valence-corrected chi connectivity index (χ3v) is 4.06. The van der Waals surface area contributed by atoms with E-state index in [1.54, 1.807) is 0 Å². The minimum absolute atomic E-state index is 0.00856. The molecule has 17 heavy (non-hydrogen) atoms. The molecular formula is C13H24N2O2. The average Bonchev–Trinajstić information content (AvgIpc) is 2.69. The van der Waals surface area contributed by atoms with Crippen molar-refractivity contribution in [1.29, 1.82) is 0 Å². The van der Waals surface area contributed by atoms with Gasteiger partial charge in [0, 0.05) is 19.1 Å². The van der Waals surface area contributed by atoms with Gasteiger partial charge in [0.15, 0.2) is 0 Å². The quantitative estimate of drug-likeness (QED) is 0.705. The first-order chi connectivity index (χ1) is 8.33. The first-order valence-electron chi connectivity index (χ1n) is 6.97. The molecule has 2 rings (SSSR count). The molecule has 1 saturated heterocycles. The van der Waals surface area contributed by atoms with Gasteiger partial charge in [-0.1, -0.05) is 25.7 Å². The molecular weight excluding hydrogens is 216 g/mol. The second-order valence-electron chi connectivity index (χ2n) is 5.23. The van der Waals surface area contributed by atoms with E-state index in [0.717, 1.165) is 19.5 Å². The van der Waals surface area contributed by atoms with Crippen LogP contribution < -0.4 is 5.32 Å². The number of nitrogens with zero attached hydrogens (tertiary/aromatic N) is 1. The Hall–Kier alpha value is -0.610. The number of rotatable bonds is 2. The molecule has 1 aliphatic heterocycles. The first kappa shape index (κ1) is 12.8. The number of aliphatic hydroxyl groups is 1. The summed E-state index contributed by atoms with van der Waals surface area (Å²) in [6, 6.07) is 0.180. The molecule has 2 N–H and O–H groups in total. The summed E-state index contributed by atoms with van der Waals surface area (Å²) < 4.78 is 0. The molecule has 2 aliphatic rings. The summed E-state index contributed by atoms with van der Waals surface area (Å²) in [5.41, 5.74) is 0. The van der Waals surface area contributed by atoms with Gasteiger partial charge in [-0.2, -0.15) is 0 Å². The molecule has 0 bridgehead atoms. The number of amides is 1. The second kappa shape index (κ2) is 6.36. The fourth-order valence-electron chi connectivity index (χ4n) is 3.11. The fraction of sp³-hybridized carbons (Fsp3) is 0.923. The Morgan fingerprint density at radius 1 is 1.18 bits per heavy atom. The Kier molecular flexibility index (Phi) is 4.80. The van der Waals surface area contributed by atoms with Crippen LogP contribution in [-0.4, -0.2) is 47.7 Å². The molecule has 4 heteroatoms. The van der Waals surface area contributed by atoms with Crippen LogP contribution in [0, 0.1) is 0 Å². The van der Waals surface area contributed by atoms with Crippen molar-refractivity contribution in [3.63, 3.8) is 0 Å². The topological polar surface area (TPSA) is 52.6 Å². The van der Waals surface area contributed by atoms with Crippen LogP contribution in [0.4, 0.5) is 0 Å². The average molecular weight is 240 g/mol. The van der Waals surface area contributed by atoms with E-state index in [9.17, 15) is 9.90 Å². The van der Waals surface area contributed by atoms with Crippen LogP contribution in [-0.2, 0) is 4.79 Å². The van der Waals surface area contributed by atoms with Crippen LogP contribution in [0.15, 0.2) is 0 Å². The molecule has 98 valence electrons. The summed E-state index contributed by atoms with van der Waals surface area (Å²) in [6.45, 7) is 1.63. The van der Waals surface area contributed by atoms with E-state index in [0.29, 0.717) is 6.04 Å². The van der Waals surface area contributed by atoms with Crippen molar-refractivity contribution in [2.45, 2.75) is 57.0 Å². The van der Waals surface area contributed by atoms with Crippen molar-refractivity contribution in [2.75, 3.05) is 19.7 Å². The number of aliphatic hydroxyl groups excluding tert-OH is 1. The number of carbonyl (C=O) groups excluding carboxylic acids is 1. The van der Waals surface area contributed by atoms with Gasteiger partial charge < -0.3 is 10.4 Å². The van der Waals surface area contributed by atoms with Crippen LogP contribution in [0.2, 0.25) is 0 Å². The summed E-state index contributed by atoms with van der Waals surface area (Å²) in [4.78, 5) is 14.1. The van der Waals surface area contributed by atoms with Crippen LogP contribution in [0.25, 0.3) is 0 Å². The zero-order chi connectivity index (χ0) is 12.1. The number of hydrogen-bond donors (Lipinski definition) is 2. The third kappa shape index (κ3) is 3.19. The van der Waals surface area contributed by atoms with Gasteiger partial charge in [-0.25, -0.2) is 0 Å². The van der Waals surface area contributed by atoms with Gasteiger partial charge in [-0.3, -0.25) is 9.69 Å². The van der Waals surface area contributed by atoms with E-state index in [1.807, 2.05) is 0 Å². The molecule has 1 heterocycles. The third-order valence-electron chi connectivity index (χ3n) is 4.06. The molecule has 1 aliphatic carbocycles. The zero-order valence-electron chi connectivity index (χ0n) is 10.5. The summed E-state index contributed by atoms with van der Waals surface area (Å²) in [7, 11) is 0. The Labute approximate surface area is 103 Å². The van der Waals surface area contributed by atoms with Crippen molar-refractivity contribution < 1.29 is 9.90 Å². The lowest BCUT2D eigenvalue weighted by molar-refractivity contribution is -0.127. The van der Waals surface area contributed by atoms with Gasteiger partial charge >= 0.3 is 0 Å². The van der Waals surface area contributed by atoms with Crippen molar-refractivity contribution in [3.8, 4) is 0 Å². The van der Waals surface area contributed by atoms with Gasteiger partial charge in [0.05, 0.1) is 6.61 Å². The molecule has 1 amide bonds. The number of nitrogens with one attached hydrogen (secondary N) is 1. The molecule has 0 aromatic heterocycles. The minimum atomic E-state index is -0.319. The molecule has 1 atom stereocenters. The largest absolute Gasteiger partial charge is 0.394 e. The maximum absolute atomic E-state index is 11.9. The van der Waals surface area contributed by atoms with Crippen molar-refractivity contribution in [1.82, 2.24) is 10.2 Å². The maximum Gasteiger partial charge on any atom is 0.239 e. The minimum Gasteiger partial charge on any atom is -0.394 e. The Morgan fingerprint density at radius 3 is 2.53 bits per heavy atom. The van der Waals surface area contributed by atoms with Crippen LogP contribution in [0.3, 0.4) is 0 Å². The Bertz CT molecular complexity index is 250. The fourth-order valence-corrected chi connectivity index (χ4v) is 3.11. The molecule has 0 spiro atoms. The predicted molar refractivity (Wildman–Crippen MR) is 66.7 cm³/mol. The Morgan fingerprint density at radius 2 is 1.88 bits per heavy atom. The zero-order valence-corrected chi connectivity index (χ0v) is 10.5. The highest BCUT2D eigenvalue weighted by Gasteiger charge is 2.32. The normalized spacial score (nSPS) is 29.5. The van der Waals surface area contributed by atoms with Gasteiger partial charge in [0.25, 0.3) is 0 Å². The van der Waals surface area contributed by atoms with E-state index in [2.05, 4.69) is 10.2 Å². The smallest absolute Gasteiger partial charge is 0.239 e. The highest BCUT2D eigenvalue weighted by atomic mass is 16.3. The summed E-state index contributed by atoms with van der Waals surface area (Å²) in [6.07, 6.45) is 8.54. The van der Waals surface area contributed by atoms with Crippen LogP contribution in [0.5, 0.6) is 0 Å². The Balaban J connectivity index is 2.05. The first-order valence-corrected chi connectivity index (χ1v) is 6.97. The van der Waals surface area contributed by atoms with Gasteiger partial charge in [-0.15, -0.1) is 0 Å². The van der Waals surface area contributed by atoms with Crippen molar-refractivity contribution in [2.24, 2.45) is 0 Å². The monoisotopic (exact) mass is 240 g/mol. The molecule has 1 unspecified atom stereocenters. The van der Waals surface area contributed by atoms with Gasteiger partial charge in [0.2, 0.25) is 5.91 Å². The summed E-state index contributed by atoms with van der Waals surface area (Å²) >= 11 is 0. The number of hydrogen-bond acceptors (Lipinski definition) is 3. The lowest BCUT2D eigenvalue weighted by Gasteiger charge is -2.34. The van der Waals surface area contributed by atoms with Crippen molar-refractivity contribution >= 4 is 5.91 Å². The van der Waals surface area contributed by atoms with Gasteiger partial charge in [-0.05, 0) is 19.3 Å². The van der Waals surface area contributed by atoms with E-state index >= 15 is 0 Å². The highest BCUT2D eigenvalue weighted by Crippen LogP contribution is 2.24. The molecule has 0 aromatic rings. The molecule has 2 fully saturated rings. The SMILES string of the molecule is O=C1NCCCN(C2CCCCCC2)C1CO. The lowest BCUT2D eigenvalue weighted by Crippen LogP contribution is -2.51. The van der Waals surface area contributed by atoms with Crippen LogP contribution in [0.1, 0.15) is 44.9 Å². The van der Waals surface area contributed by atoms with E-state index in [-0.39, 0.29) is 18.6 Å². The van der Waals surface area contributed by atoms with E-state index < -0.39 is 0 Å². The van der Waals surface area contributed by atoms with Gasteiger partial charge in [0.1, 0.15) is 6.04 Å². The van der Waals surface area contributed by atoms with Crippen molar-refractivity contribution in [3.05, 3.63) is 0 Å². The standard InChI is InChI=1S/C13H24N2O2/c16-10-12-13(17)14-8-5-9-15(12)11-6-3-1-2-4-7-11/h11-12,16H,1-10H2,(H,14,17). The molecule has 0 radical (unpaired) electrons. The maximum atomic E-state index is 11.9. The summed E-state index contributed by atoms with van der Waals surface area (Å²) in [5.74, 6) is 0.00856. The highest BCUT2D eigenvalue weighted by molar-refractivity contribution is 5.82. The van der Waals surface area contributed by atoms with Crippen LogP contribution >= 0.6 is 0 Å². The lowest BCUT2D eigenvalue weighted by atomic mass is 10.0. The molecule has 4 nitrogen and oxygen atoms in total. The summed E-state index contributed by atoms with van der Waals surface area (Å²) in [5, 5.41) is 12.3. The molecule has 0 aromatic carbocycles. The predicted octanol–water partition coefficient (Wildman–Crippen LogP) is 0.892. The second-order valence-corrected chi connectivity index (χ2v) is 5.23. The number of carbonyl (C=O) groups is 1. The molecule has 1 saturated carbocycles. The van der Waals surface area contributed by atoms with E-state index in [4.69, 9.17) is 0 Å².